The monoisotopic (exact) mass is 487 g/mol. The van der Waals surface area contributed by atoms with E-state index in [0.29, 0.717) is 54.6 Å². The van der Waals surface area contributed by atoms with Crippen molar-refractivity contribution >= 4 is 23.7 Å². The molecule has 0 aromatic heterocycles. The molecule has 36 heavy (non-hydrogen) atoms. The van der Waals surface area contributed by atoms with E-state index in [1.807, 2.05) is 17.0 Å². The van der Waals surface area contributed by atoms with Gasteiger partial charge in [-0.2, -0.15) is 0 Å². The lowest BCUT2D eigenvalue weighted by Crippen LogP contribution is -2.54. The Morgan fingerprint density at radius 3 is 2.69 bits per heavy atom. The van der Waals surface area contributed by atoms with Crippen LogP contribution in [0.4, 0.5) is 4.79 Å². The van der Waals surface area contributed by atoms with E-state index in [1.54, 1.807) is 30.3 Å². The van der Waals surface area contributed by atoms with Crippen LogP contribution in [0.25, 0.3) is 0 Å². The van der Waals surface area contributed by atoms with Crippen LogP contribution in [0, 0.1) is 17.3 Å². The Bertz CT molecular complexity index is 1320. The number of carbonyl (C=O) groups is 3. The lowest BCUT2D eigenvalue weighted by Gasteiger charge is -2.29. The van der Waals surface area contributed by atoms with E-state index in [4.69, 9.17) is 14.9 Å². The van der Waals surface area contributed by atoms with Crippen LogP contribution in [0.15, 0.2) is 42.5 Å². The highest BCUT2D eigenvalue weighted by Gasteiger charge is 2.48. The molecule has 4 amide bonds. The molecule has 184 valence electrons. The minimum Gasteiger partial charge on any atom is -0.497 e. The van der Waals surface area contributed by atoms with Crippen molar-refractivity contribution in [3.8, 4) is 17.6 Å². The number of urea groups is 1. The zero-order chi connectivity index (χ0) is 25.3. The number of hydrogen-bond donors (Lipinski definition) is 3. The topological polar surface area (TPSA) is 124 Å². The van der Waals surface area contributed by atoms with Gasteiger partial charge in [-0.1, -0.05) is 30.0 Å². The molecule has 10 nitrogen and oxygen atoms in total. The number of nitrogens with zero attached hydrogens (tertiary/aromatic N) is 2. The average Bonchev–Trinajstić information content (AvgIpc) is 3.36. The van der Waals surface area contributed by atoms with Gasteiger partial charge in [0.15, 0.2) is 0 Å². The number of imide groups is 1. The van der Waals surface area contributed by atoms with Gasteiger partial charge >= 0.3 is 6.03 Å². The van der Waals surface area contributed by atoms with Crippen LogP contribution in [-0.4, -0.2) is 79.0 Å². The maximum absolute atomic E-state index is 13.1. The molecule has 0 aliphatic carbocycles. The number of amidine groups is 1. The molecule has 3 aliphatic rings. The Labute approximate surface area is 208 Å². The van der Waals surface area contributed by atoms with Crippen molar-refractivity contribution in [1.82, 2.24) is 20.4 Å². The number of nitrogens with one attached hydrogen (secondary N) is 3. The van der Waals surface area contributed by atoms with Gasteiger partial charge < -0.3 is 24.6 Å². The Morgan fingerprint density at radius 2 is 1.97 bits per heavy atom. The van der Waals surface area contributed by atoms with Gasteiger partial charge in [-0.25, -0.2) is 4.79 Å². The third-order valence-electron chi connectivity index (χ3n) is 6.45. The molecule has 2 saturated heterocycles. The van der Waals surface area contributed by atoms with Gasteiger partial charge in [0.2, 0.25) is 5.54 Å². The Balaban J connectivity index is 1.40. The fraction of sp³-hybridized carbons (Fsp3) is 0.308. The van der Waals surface area contributed by atoms with Gasteiger partial charge in [-0.05, 0) is 29.8 Å². The highest BCUT2D eigenvalue weighted by molar-refractivity contribution is 6.10. The zero-order valence-electron chi connectivity index (χ0n) is 19.7. The van der Waals surface area contributed by atoms with E-state index in [1.165, 1.54) is 12.0 Å². The summed E-state index contributed by atoms with van der Waals surface area (Å²) in [4.78, 5) is 41.5. The van der Waals surface area contributed by atoms with E-state index >= 15 is 0 Å². The van der Waals surface area contributed by atoms with Gasteiger partial charge in [-0.15, -0.1) is 0 Å². The number of rotatable bonds is 4. The maximum Gasteiger partial charge on any atom is 0.323 e. The summed E-state index contributed by atoms with van der Waals surface area (Å²) >= 11 is 0. The molecule has 0 bridgehead atoms. The minimum absolute atomic E-state index is 0.114. The summed E-state index contributed by atoms with van der Waals surface area (Å²) in [7, 11) is 1.53. The van der Waals surface area contributed by atoms with Crippen LogP contribution in [0.1, 0.15) is 27.0 Å². The van der Waals surface area contributed by atoms with Crippen molar-refractivity contribution in [3.05, 3.63) is 64.7 Å². The summed E-state index contributed by atoms with van der Waals surface area (Å²) in [5.74, 6) is 5.96. The highest BCUT2D eigenvalue weighted by atomic mass is 16.5. The summed E-state index contributed by atoms with van der Waals surface area (Å²) < 4.78 is 10.6. The predicted octanol–water partition coefficient (Wildman–Crippen LogP) is 0.938. The number of carbonyl (C=O) groups excluding carboxylic acids is 3. The summed E-state index contributed by atoms with van der Waals surface area (Å²) in [6, 6.07) is 11.8. The van der Waals surface area contributed by atoms with Crippen molar-refractivity contribution in [2.45, 2.75) is 12.1 Å². The fourth-order valence-electron chi connectivity index (χ4n) is 4.50. The number of benzene rings is 2. The number of fused-ring (bicyclic) bond motifs is 1. The fourth-order valence-corrected chi connectivity index (χ4v) is 4.50. The first kappa shape index (κ1) is 23.4. The number of methoxy groups -OCH3 is 1. The van der Waals surface area contributed by atoms with E-state index in [9.17, 15) is 14.4 Å². The molecule has 1 unspecified atom stereocenters. The third-order valence-corrected chi connectivity index (χ3v) is 6.45. The second kappa shape index (κ2) is 9.36. The lowest BCUT2D eigenvalue weighted by molar-refractivity contribution is -0.122. The van der Waals surface area contributed by atoms with Gasteiger partial charge in [0.1, 0.15) is 11.6 Å². The molecule has 2 fully saturated rings. The Morgan fingerprint density at radius 1 is 1.17 bits per heavy atom. The van der Waals surface area contributed by atoms with Gasteiger partial charge in [-0.3, -0.25) is 20.3 Å². The van der Waals surface area contributed by atoms with Crippen LogP contribution in [0.3, 0.4) is 0 Å². The van der Waals surface area contributed by atoms with Crippen molar-refractivity contribution in [2.24, 2.45) is 0 Å². The summed E-state index contributed by atoms with van der Waals surface area (Å²) in [6.07, 6.45) is 0. The number of ether oxygens (including phenoxy) is 2. The van der Waals surface area contributed by atoms with Crippen LogP contribution >= 0.6 is 0 Å². The standard InChI is InChI=1S/C26H25N5O5/c1-35-20-6-5-19-15-31(23(32)21(19)14-20)16-26(24(33)28-25(34)29-26)8-7-17-3-2-4-18(13-17)22(27)30-9-11-36-12-10-30/h2-6,13-14,27H,9-12,15-16H2,1H3,(H2,28,29,33,34). The summed E-state index contributed by atoms with van der Waals surface area (Å²) in [5, 5.41) is 13.4. The Hall–Kier alpha value is -4.36. The van der Waals surface area contributed by atoms with Crippen molar-refractivity contribution in [2.75, 3.05) is 40.0 Å². The van der Waals surface area contributed by atoms with Gasteiger partial charge in [0, 0.05) is 36.3 Å². The molecule has 0 radical (unpaired) electrons. The SMILES string of the molecule is COc1ccc2c(c1)C(=O)N(CC1(C#Cc3cccc(C(=N)N4CCOCC4)c3)NC(=O)NC1=O)C2. The summed E-state index contributed by atoms with van der Waals surface area (Å²) in [6.45, 7) is 2.61. The molecule has 3 aliphatic heterocycles. The molecule has 2 aromatic rings. The zero-order valence-corrected chi connectivity index (χ0v) is 19.7. The quantitative estimate of drug-likeness (QED) is 0.255. The van der Waals surface area contributed by atoms with Crippen LogP contribution in [0.5, 0.6) is 5.75 Å². The average molecular weight is 488 g/mol. The molecule has 3 heterocycles. The summed E-state index contributed by atoms with van der Waals surface area (Å²) in [5.41, 5.74) is 0.975. The van der Waals surface area contributed by atoms with E-state index < -0.39 is 17.5 Å². The minimum atomic E-state index is -1.60. The molecule has 10 heteroatoms. The van der Waals surface area contributed by atoms with Crippen LogP contribution in [0.2, 0.25) is 0 Å². The first-order valence-electron chi connectivity index (χ1n) is 11.5. The lowest BCUT2D eigenvalue weighted by atomic mass is 9.98. The smallest absolute Gasteiger partial charge is 0.323 e. The van der Waals surface area contributed by atoms with E-state index in [2.05, 4.69) is 22.5 Å². The molecule has 5 rings (SSSR count). The molecular weight excluding hydrogens is 462 g/mol. The van der Waals surface area contributed by atoms with Crippen molar-refractivity contribution in [3.63, 3.8) is 0 Å². The van der Waals surface area contributed by atoms with Gasteiger partial charge in [0.25, 0.3) is 11.8 Å². The largest absolute Gasteiger partial charge is 0.497 e. The number of amides is 4. The van der Waals surface area contributed by atoms with Gasteiger partial charge in [0.05, 0.1) is 26.9 Å². The molecule has 2 aromatic carbocycles. The molecule has 0 saturated carbocycles. The van der Waals surface area contributed by atoms with Crippen LogP contribution in [-0.2, 0) is 16.1 Å². The predicted molar refractivity (Wildman–Crippen MR) is 130 cm³/mol. The normalized spacial score (nSPS) is 20.9. The second-order valence-electron chi connectivity index (χ2n) is 8.78. The first-order chi connectivity index (χ1) is 17.4. The molecule has 0 spiro atoms. The van der Waals surface area contributed by atoms with Crippen molar-refractivity contribution in [1.29, 1.82) is 5.41 Å². The highest BCUT2D eigenvalue weighted by Crippen LogP contribution is 2.28. The second-order valence-corrected chi connectivity index (χ2v) is 8.78. The molecule has 3 N–H and O–H groups in total. The maximum atomic E-state index is 13.1. The number of hydrogen-bond acceptors (Lipinski definition) is 6. The number of morpholine rings is 1. The van der Waals surface area contributed by atoms with E-state index in [-0.39, 0.29) is 19.0 Å². The Kier molecular flexibility index (Phi) is 6.08. The van der Waals surface area contributed by atoms with Crippen LogP contribution < -0.4 is 15.4 Å². The first-order valence-corrected chi connectivity index (χ1v) is 11.5. The molecular formula is C26H25N5O5. The van der Waals surface area contributed by atoms with Crippen molar-refractivity contribution < 1.29 is 23.9 Å². The third kappa shape index (κ3) is 4.36. The van der Waals surface area contributed by atoms with E-state index in [0.717, 1.165) is 5.56 Å². The molecule has 1 atom stereocenters.